The fraction of sp³-hybridized carbons (Fsp3) is 0.567. The first kappa shape index (κ1) is 33.4. The first-order valence-corrected chi connectivity index (χ1v) is 15.8. The second-order valence-corrected chi connectivity index (χ2v) is 12.3. The van der Waals surface area contributed by atoms with Gasteiger partial charge in [0.05, 0.1) is 11.2 Å². The molecule has 2 aliphatic rings. The molecule has 1 aliphatic carbocycles. The van der Waals surface area contributed by atoms with E-state index in [1.54, 1.807) is 11.8 Å². The van der Waals surface area contributed by atoms with Crippen LogP contribution < -0.4 is 16.0 Å². The summed E-state index contributed by atoms with van der Waals surface area (Å²) in [6, 6.07) is 1.84. The van der Waals surface area contributed by atoms with Crippen molar-refractivity contribution in [2.75, 3.05) is 38.5 Å². The molecule has 2 aromatic rings. The Labute approximate surface area is 258 Å². The second-order valence-electron chi connectivity index (χ2n) is 11.4. The van der Waals surface area contributed by atoms with Gasteiger partial charge < -0.3 is 25.8 Å². The number of carbonyl (C=O) groups is 4. The standard InChI is InChI=1S/C30H39F3N6O4S/c1-3-25(40)35-23(28(42)39-13-11-38(2)12-14-39)16-19-9-10-22(21(31)15-19)36-27(41)26(20-7-5-4-6-8-20)37-29(43)30(32,33)24-17-34-18-44-24/h9-10,15,17-18,20,23,26H,3-8,11-14,16H2,1-2H3,(H,35,40)(H,36,41)(H,37,43). The molecule has 0 radical (unpaired) electrons. The molecule has 2 unspecified atom stereocenters. The molecule has 1 saturated carbocycles. The number of benzene rings is 1. The van der Waals surface area contributed by atoms with Crippen molar-refractivity contribution >= 4 is 40.7 Å². The maximum atomic E-state index is 15.3. The van der Waals surface area contributed by atoms with Gasteiger partial charge in [-0.05, 0) is 43.5 Å². The molecule has 240 valence electrons. The zero-order valence-electron chi connectivity index (χ0n) is 24.9. The van der Waals surface area contributed by atoms with E-state index in [4.69, 9.17) is 0 Å². The van der Waals surface area contributed by atoms with E-state index in [9.17, 15) is 28.0 Å². The number of nitrogens with one attached hydrogen (secondary N) is 3. The number of hydrogen-bond donors (Lipinski definition) is 3. The first-order valence-electron chi connectivity index (χ1n) is 14.9. The van der Waals surface area contributed by atoms with Gasteiger partial charge in [0, 0.05) is 45.2 Å². The summed E-state index contributed by atoms with van der Waals surface area (Å²) in [6.07, 6.45) is 4.73. The summed E-state index contributed by atoms with van der Waals surface area (Å²) in [4.78, 5) is 58.4. The second kappa shape index (κ2) is 15.0. The first-order chi connectivity index (χ1) is 21.0. The van der Waals surface area contributed by atoms with E-state index in [0.29, 0.717) is 55.9 Å². The van der Waals surface area contributed by atoms with E-state index in [-0.39, 0.29) is 30.3 Å². The molecule has 3 N–H and O–H groups in total. The van der Waals surface area contributed by atoms with Crippen molar-refractivity contribution in [3.8, 4) is 0 Å². The highest BCUT2D eigenvalue weighted by Crippen LogP contribution is 2.33. The van der Waals surface area contributed by atoms with Gasteiger partial charge in [-0.25, -0.2) is 4.39 Å². The Kier molecular flexibility index (Phi) is 11.4. The summed E-state index contributed by atoms with van der Waals surface area (Å²) in [6.45, 7) is 4.11. The Morgan fingerprint density at radius 3 is 2.39 bits per heavy atom. The minimum Gasteiger partial charge on any atom is -0.344 e. The average Bonchev–Trinajstić information content (AvgIpc) is 3.57. The number of rotatable bonds is 11. The number of halogens is 3. The van der Waals surface area contributed by atoms with Crippen molar-refractivity contribution in [3.05, 3.63) is 46.2 Å². The van der Waals surface area contributed by atoms with Gasteiger partial charge in [0.1, 0.15) is 22.8 Å². The van der Waals surface area contributed by atoms with Gasteiger partial charge in [-0.15, -0.1) is 11.3 Å². The van der Waals surface area contributed by atoms with Crippen LogP contribution in [0, 0.1) is 11.7 Å². The molecule has 44 heavy (non-hydrogen) atoms. The smallest absolute Gasteiger partial charge is 0.344 e. The van der Waals surface area contributed by atoms with Crippen LogP contribution in [0.1, 0.15) is 55.9 Å². The fourth-order valence-electron chi connectivity index (χ4n) is 5.56. The summed E-state index contributed by atoms with van der Waals surface area (Å²) in [5.41, 5.74) is 1.42. The van der Waals surface area contributed by atoms with E-state index in [1.165, 1.54) is 23.7 Å². The minimum atomic E-state index is -3.88. The van der Waals surface area contributed by atoms with Crippen molar-refractivity contribution in [1.29, 1.82) is 0 Å². The largest absolute Gasteiger partial charge is 0.360 e. The van der Waals surface area contributed by atoms with Gasteiger partial charge in [-0.1, -0.05) is 32.3 Å². The third-order valence-corrected chi connectivity index (χ3v) is 9.06. The van der Waals surface area contributed by atoms with Crippen LogP contribution in [0.3, 0.4) is 0 Å². The van der Waals surface area contributed by atoms with Gasteiger partial charge in [0.2, 0.25) is 17.7 Å². The van der Waals surface area contributed by atoms with Gasteiger partial charge in [0.25, 0.3) is 5.91 Å². The molecule has 0 bridgehead atoms. The molecule has 1 saturated heterocycles. The van der Waals surface area contributed by atoms with Gasteiger partial charge in [-0.2, -0.15) is 8.78 Å². The normalized spacial score (nSPS) is 17.9. The zero-order chi connectivity index (χ0) is 31.9. The van der Waals surface area contributed by atoms with Crippen molar-refractivity contribution in [2.24, 2.45) is 5.92 Å². The van der Waals surface area contributed by atoms with Crippen molar-refractivity contribution in [2.45, 2.75) is 69.9 Å². The van der Waals surface area contributed by atoms with Crippen molar-refractivity contribution in [3.63, 3.8) is 0 Å². The van der Waals surface area contributed by atoms with Crippen LogP contribution in [0.2, 0.25) is 0 Å². The summed E-state index contributed by atoms with van der Waals surface area (Å²) < 4.78 is 45.0. The van der Waals surface area contributed by atoms with Gasteiger partial charge in [-0.3, -0.25) is 24.2 Å². The maximum Gasteiger partial charge on any atom is 0.360 e. The van der Waals surface area contributed by atoms with E-state index < -0.39 is 46.4 Å². The van der Waals surface area contributed by atoms with Crippen molar-refractivity contribution < 1.29 is 32.3 Å². The highest BCUT2D eigenvalue weighted by molar-refractivity contribution is 7.09. The van der Waals surface area contributed by atoms with Crippen LogP contribution in [-0.2, 0) is 31.5 Å². The number of amides is 4. The molecule has 14 heteroatoms. The Morgan fingerprint density at radius 1 is 1.07 bits per heavy atom. The highest BCUT2D eigenvalue weighted by atomic mass is 32.1. The average molecular weight is 637 g/mol. The van der Waals surface area contributed by atoms with Crippen LogP contribution in [-0.4, -0.2) is 83.7 Å². The van der Waals surface area contributed by atoms with Gasteiger partial charge >= 0.3 is 5.92 Å². The SMILES string of the molecule is CCC(=O)NC(Cc1ccc(NC(=O)C(NC(=O)C(F)(F)c2cncs2)C2CCCCC2)c(F)c1)C(=O)N1CCN(C)CC1. The highest BCUT2D eigenvalue weighted by Gasteiger charge is 2.45. The number of nitrogens with zero attached hydrogens (tertiary/aromatic N) is 3. The Bertz CT molecular complexity index is 1310. The van der Waals surface area contributed by atoms with Crippen LogP contribution in [0.25, 0.3) is 0 Å². The number of hydrogen-bond acceptors (Lipinski definition) is 7. The maximum absolute atomic E-state index is 15.3. The monoisotopic (exact) mass is 636 g/mol. The summed E-state index contributed by atoms with van der Waals surface area (Å²) in [5.74, 6) is -8.05. The lowest BCUT2D eigenvalue weighted by Gasteiger charge is -2.34. The topological polar surface area (TPSA) is 124 Å². The van der Waals surface area contributed by atoms with Crippen LogP contribution in [0.15, 0.2) is 29.9 Å². The summed E-state index contributed by atoms with van der Waals surface area (Å²) >= 11 is 0.632. The number of alkyl halides is 2. The van der Waals surface area contributed by atoms with Crippen LogP contribution in [0.5, 0.6) is 0 Å². The van der Waals surface area contributed by atoms with Gasteiger partial charge in [0.15, 0.2) is 0 Å². The number of carbonyl (C=O) groups excluding carboxylic acids is 4. The van der Waals surface area contributed by atoms with E-state index >= 15 is 4.39 Å². The number of anilines is 1. The molecule has 10 nitrogen and oxygen atoms in total. The molecule has 2 fully saturated rings. The quantitative estimate of drug-likeness (QED) is 0.348. The molecule has 1 aliphatic heterocycles. The van der Waals surface area contributed by atoms with Crippen molar-refractivity contribution in [1.82, 2.24) is 25.4 Å². The predicted molar refractivity (Wildman–Crippen MR) is 160 cm³/mol. The predicted octanol–water partition coefficient (Wildman–Crippen LogP) is 3.29. The van der Waals surface area contributed by atoms with Crippen LogP contribution in [0.4, 0.5) is 18.9 Å². The lowest BCUT2D eigenvalue weighted by molar-refractivity contribution is -0.149. The fourth-order valence-corrected chi connectivity index (χ4v) is 6.15. The third-order valence-electron chi connectivity index (χ3n) is 8.22. The Hall–Kier alpha value is -3.52. The third kappa shape index (κ3) is 8.35. The lowest BCUT2D eigenvalue weighted by Crippen LogP contribution is -2.54. The molecule has 0 spiro atoms. The number of piperazine rings is 1. The minimum absolute atomic E-state index is 0.0372. The van der Waals surface area contributed by atoms with E-state index in [0.717, 1.165) is 25.5 Å². The molecule has 2 heterocycles. The molecule has 4 rings (SSSR count). The molecular formula is C30H39F3N6O4S. The van der Waals surface area contributed by atoms with E-state index in [1.807, 2.05) is 7.05 Å². The number of likely N-dealkylation sites (N-methyl/N-ethyl adjacent to an activating group) is 1. The summed E-state index contributed by atoms with van der Waals surface area (Å²) in [7, 11) is 1.96. The molecule has 1 aromatic carbocycles. The molecular weight excluding hydrogens is 597 g/mol. The van der Waals surface area contributed by atoms with Crippen LogP contribution >= 0.6 is 11.3 Å². The van der Waals surface area contributed by atoms with E-state index in [2.05, 4.69) is 25.8 Å². The Morgan fingerprint density at radius 2 is 1.77 bits per heavy atom. The summed E-state index contributed by atoms with van der Waals surface area (Å²) in [5, 5.41) is 7.44. The molecule has 4 amide bonds. The lowest BCUT2D eigenvalue weighted by atomic mass is 9.83. The molecule has 2 atom stereocenters. The Balaban J connectivity index is 1.48. The number of aromatic nitrogens is 1. The molecule has 1 aromatic heterocycles. The number of thiazole rings is 1. The zero-order valence-corrected chi connectivity index (χ0v) is 25.7.